The van der Waals surface area contributed by atoms with E-state index in [1.165, 1.54) is 128 Å². The van der Waals surface area contributed by atoms with Gasteiger partial charge in [-0.3, -0.25) is 0 Å². The van der Waals surface area contributed by atoms with E-state index >= 15 is 0 Å². The lowest BCUT2D eigenvalue weighted by Crippen LogP contribution is -1.92. The molecule has 0 aliphatic rings. The molecule has 13 rings (SSSR count). The average molecular weight is 795 g/mol. The Morgan fingerprint density at radius 1 is 0.200 bits per heavy atom. The Balaban J connectivity index is 1.16. The van der Waals surface area contributed by atoms with Crippen LogP contribution in [0, 0.1) is 0 Å². The number of hydrogen-bond donors (Lipinski definition) is 0. The topological polar surface area (TPSA) is 0 Å². The highest BCUT2D eigenvalue weighted by Gasteiger charge is 2.24. The summed E-state index contributed by atoms with van der Waals surface area (Å²) in [4.78, 5) is 0. The molecule has 0 saturated carbocycles. The van der Waals surface area contributed by atoms with Gasteiger partial charge in [-0.15, -0.1) is 22.7 Å². The number of thiophene rings is 2. The van der Waals surface area contributed by atoms with Crippen LogP contribution in [-0.2, 0) is 0 Å². The van der Waals surface area contributed by atoms with Crippen molar-refractivity contribution in [3.8, 4) is 44.5 Å². The Morgan fingerprint density at radius 3 is 0.933 bits per heavy atom. The predicted molar refractivity (Wildman–Crippen MR) is 264 cm³/mol. The van der Waals surface area contributed by atoms with Crippen molar-refractivity contribution in [1.29, 1.82) is 0 Å². The number of benzene rings is 11. The Morgan fingerprint density at radius 2 is 0.500 bits per heavy atom. The normalized spacial score (nSPS) is 12.0. The summed E-state index contributed by atoms with van der Waals surface area (Å²) in [6.07, 6.45) is 0. The van der Waals surface area contributed by atoms with E-state index in [1.807, 2.05) is 22.7 Å². The second kappa shape index (κ2) is 13.2. The smallest absolute Gasteiger partial charge is 0.0361 e. The third-order valence-corrected chi connectivity index (χ3v) is 14.9. The van der Waals surface area contributed by atoms with Crippen LogP contribution in [0.1, 0.15) is 0 Å². The highest BCUT2D eigenvalue weighted by atomic mass is 32.1. The van der Waals surface area contributed by atoms with Crippen LogP contribution in [-0.4, -0.2) is 0 Å². The van der Waals surface area contributed by atoms with Crippen LogP contribution < -0.4 is 0 Å². The highest BCUT2D eigenvalue weighted by molar-refractivity contribution is 7.26. The average Bonchev–Trinajstić information content (AvgIpc) is 3.89. The van der Waals surface area contributed by atoms with Crippen molar-refractivity contribution in [3.63, 3.8) is 0 Å². The van der Waals surface area contributed by atoms with Crippen molar-refractivity contribution in [1.82, 2.24) is 0 Å². The largest absolute Gasteiger partial charge is 0.135 e. The van der Waals surface area contributed by atoms with Gasteiger partial charge in [-0.1, -0.05) is 182 Å². The quantitative estimate of drug-likeness (QED) is 0.156. The maximum atomic E-state index is 2.38. The molecule has 11 aromatic carbocycles. The van der Waals surface area contributed by atoms with E-state index in [-0.39, 0.29) is 0 Å². The van der Waals surface area contributed by atoms with Gasteiger partial charge in [0.25, 0.3) is 0 Å². The molecule has 0 aliphatic heterocycles. The van der Waals surface area contributed by atoms with Gasteiger partial charge in [-0.05, 0) is 112 Å². The van der Waals surface area contributed by atoms with E-state index in [1.54, 1.807) is 0 Å². The van der Waals surface area contributed by atoms with Crippen molar-refractivity contribution in [2.24, 2.45) is 0 Å². The summed E-state index contributed by atoms with van der Waals surface area (Å²) in [6.45, 7) is 0. The minimum absolute atomic E-state index is 1.24. The lowest BCUT2D eigenvalue weighted by atomic mass is 9.83. The summed E-state index contributed by atoms with van der Waals surface area (Å²) < 4.78 is 5.25. The first kappa shape index (κ1) is 33.8. The molecule has 0 spiro atoms. The minimum Gasteiger partial charge on any atom is -0.135 e. The fourth-order valence-electron chi connectivity index (χ4n) is 10.3. The van der Waals surface area contributed by atoms with E-state index in [0.29, 0.717) is 0 Å². The first-order valence-corrected chi connectivity index (χ1v) is 22.2. The highest BCUT2D eigenvalue weighted by Crippen LogP contribution is 2.53. The summed E-state index contributed by atoms with van der Waals surface area (Å²) in [7, 11) is 0. The molecule has 2 aromatic heterocycles. The van der Waals surface area contributed by atoms with Crippen molar-refractivity contribution in [2.45, 2.75) is 0 Å². The van der Waals surface area contributed by atoms with Gasteiger partial charge in [0.05, 0.1) is 0 Å². The Kier molecular flexibility index (Phi) is 7.45. The van der Waals surface area contributed by atoms with E-state index < -0.39 is 0 Å². The second-order valence-corrected chi connectivity index (χ2v) is 18.0. The molecule has 0 atom stereocenters. The van der Waals surface area contributed by atoms with Crippen LogP contribution in [0.3, 0.4) is 0 Å². The first-order chi connectivity index (χ1) is 29.8. The molecule has 2 heteroatoms. The molecule has 0 aliphatic carbocycles. The molecule has 0 radical (unpaired) electrons. The molecule has 60 heavy (non-hydrogen) atoms. The Hall–Kier alpha value is -7.10. The molecule has 0 saturated heterocycles. The van der Waals surface area contributed by atoms with Gasteiger partial charge in [0.1, 0.15) is 0 Å². The zero-order valence-electron chi connectivity index (χ0n) is 32.4. The molecule has 0 bridgehead atoms. The molecular formula is C58H34S2. The fourth-order valence-corrected chi connectivity index (χ4v) is 12.6. The number of fused-ring (bicyclic) bond motifs is 10. The van der Waals surface area contributed by atoms with Gasteiger partial charge in [0, 0.05) is 40.3 Å². The van der Waals surface area contributed by atoms with Crippen molar-refractivity contribution < 1.29 is 0 Å². The fraction of sp³-hybridized carbons (Fsp3) is 0. The van der Waals surface area contributed by atoms with E-state index in [0.717, 1.165) is 0 Å². The van der Waals surface area contributed by atoms with Crippen LogP contribution in [0.15, 0.2) is 206 Å². The molecule has 278 valence electrons. The lowest BCUT2D eigenvalue weighted by Gasteiger charge is -2.20. The molecule has 0 N–H and O–H groups in total. The lowest BCUT2D eigenvalue weighted by molar-refractivity contribution is 1.67. The number of rotatable bonds is 4. The molecule has 0 fully saturated rings. The summed E-state index contributed by atoms with van der Waals surface area (Å²) in [5.41, 5.74) is 10.3. The number of hydrogen-bond acceptors (Lipinski definition) is 2. The third kappa shape index (κ3) is 4.84. The summed E-state index contributed by atoms with van der Waals surface area (Å²) in [6, 6.07) is 76.8. The monoisotopic (exact) mass is 794 g/mol. The summed E-state index contributed by atoms with van der Waals surface area (Å²) in [5.74, 6) is 0. The van der Waals surface area contributed by atoms with E-state index in [2.05, 4.69) is 206 Å². The van der Waals surface area contributed by atoms with Crippen LogP contribution >= 0.6 is 22.7 Å². The van der Waals surface area contributed by atoms with E-state index in [9.17, 15) is 0 Å². The first-order valence-electron chi connectivity index (χ1n) is 20.6. The van der Waals surface area contributed by atoms with Crippen LogP contribution in [0.4, 0.5) is 0 Å². The van der Waals surface area contributed by atoms with Crippen molar-refractivity contribution >= 4 is 106 Å². The SMILES string of the molecule is c1ccc(-c2c3ccccc3c(-c3cccc4sc5cccc(-c6c7ccccc7c(-c7cccc8sc9ccccc9c78)c7ccccc67)c5c34)c3ccccc23)cc1. The second-order valence-electron chi connectivity index (χ2n) is 15.8. The minimum atomic E-state index is 1.24. The van der Waals surface area contributed by atoms with Crippen LogP contribution in [0.25, 0.3) is 128 Å². The standard InChI is InChI=1S/C58H34S2/c1-2-17-35(18-3-1)52-36-19-4-6-21-38(36)54(39-22-7-5-20-37(39)52)46-29-15-33-50-57(46)58-47(30-16-34-51(58)60-50)55-42-25-10-8-23-40(42)53(41-24-9-11-26-43(41)55)45-28-14-32-49-56(45)44-27-12-13-31-48(44)59-49/h1-34H. The molecular weight excluding hydrogens is 761 g/mol. The maximum absolute atomic E-state index is 2.38. The van der Waals surface area contributed by atoms with Crippen molar-refractivity contribution in [3.05, 3.63) is 206 Å². The maximum Gasteiger partial charge on any atom is 0.0361 e. The molecule has 2 heterocycles. The van der Waals surface area contributed by atoms with Gasteiger partial charge in [0.15, 0.2) is 0 Å². The van der Waals surface area contributed by atoms with Crippen LogP contribution in [0.5, 0.6) is 0 Å². The van der Waals surface area contributed by atoms with Gasteiger partial charge >= 0.3 is 0 Å². The van der Waals surface area contributed by atoms with Crippen molar-refractivity contribution in [2.75, 3.05) is 0 Å². The molecule has 0 unspecified atom stereocenters. The zero-order chi connectivity index (χ0) is 39.3. The van der Waals surface area contributed by atoms with Crippen LogP contribution in [0.2, 0.25) is 0 Å². The van der Waals surface area contributed by atoms with Gasteiger partial charge in [0.2, 0.25) is 0 Å². The summed E-state index contributed by atoms with van der Waals surface area (Å²) in [5, 5.41) is 15.5. The zero-order valence-corrected chi connectivity index (χ0v) is 34.1. The third-order valence-electron chi connectivity index (χ3n) is 12.7. The predicted octanol–water partition coefficient (Wildman–Crippen LogP) is 17.7. The Bertz CT molecular complexity index is 3770. The molecule has 0 amide bonds. The molecule has 13 aromatic rings. The summed E-state index contributed by atoms with van der Waals surface area (Å²) >= 11 is 3.79. The molecule has 0 nitrogen and oxygen atoms in total. The van der Waals surface area contributed by atoms with E-state index in [4.69, 9.17) is 0 Å². The Labute approximate surface area is 354 Å². The van der Waals surface area contributed by atoms with Gasteiger partial charge in [-0.2, -0.15) is 0 Å². The van der Waals surface area contributed by atoms with Gasteiger partial charge < -0.3 is 0 Å². The van der Waals surface area contributed by atoms with Gasteiger partial charge in [-0.25, -0.2) is 0 Å².